The summed E-state index contributed by atoms with van der Waals surface area (Å²) in [5, 5.41) is 16.9. The molecule has 0 aliphatic carbocycles. The highest BCUT2D eigenvalue weighted by molar-refractivity contribution is 6.99. The third-order valence-corrected chi connectivity index (χ3v) is 11.0. The molecule has 2 fully saturated rings. The molecule has 2 bridgehead atoms. The zero-order valence-corrected chi connectivity index (χ0v) is 18.4. The van der Waals surface area contributed by atoms with Gasteiger partial charge < -0.3 is 19.0 Å². The van der Waals surface area contributed by atoms with Gasteiger partial charge in [-0.1, -0.05) is 86.5 Å². The minimum Gasteiger partial charge on any atom is -0.399 e. The third kappa shape index (κ3) is 3.45. The van der Waals surface area contributed by atoms with Crippen LogP contribution in [0.1, 0.15) is 20.8 Å². The van der Waals surface area contributed by atoms with Crippen molar-refractivity contribution in [1.29, 1.82) is 0 Å². The molecular formula is C22H27N3O4Si. The zero-order valence-electron chi connectivity index (χ0n) is 17.4. The van der Waals surface area contributed by atoms with Gasteiger partial charge >= 0.3 is 0 Å². The van der Waals surface area contributed by atoms with Crippen LogP contribution in [0.15, 0.2) is 65.8 Å². The van der Waals surface area contributed by atoms with Gasteiger partial charge in [-0.2, -0.15) is 0 Å². The van der Waals surface area contributed by atoms with Crippen molar-refractivity contribution >= 4 is 18.7 Å². The van der Waals surface area contributed by atoms with Crippen LogP contribution in [-0.2, 0) is 13.9 Å². The number of benzene rings is 2. The van der Waals surface area contributed by atoms with Gasteiger partial charge in [0.1, 0.15) is 18.2 Å². The zero-order chi connectivity index (χ0) is 21.4. The molecule has 0 radical (unpaired) electrons. The highest BCUT2D eigenvalue weighted by Crippen LogP contribution is 2.41. The quantitative estimate of drug-likeness (QED) is 0.345. The Morgan fingerprint density at radius 2 is 1.63 bits per heavy atom. The van der Waals surface area contributed by atoms with Gasteiger partial charge in [0, 0.05) is 4.91 Å². The molecule has 1 N–H and O–H groups in total. The Hall–Kier alpha value is -2.19. The number of ether oxygens (including phenoxy) is 2. The molecule has 8 heteroatoms. The van der Waals surface area contributed by atoms with E-state index in [1.165, 1.54) is 0 Å². The average Bonchev–Trinajstić information content (AvgIpc) is 3.18. The molecule has 2 heterocycles. The third-order valence-electron chi connectivity index (χ3n) is 5.98. The summed E-state index contributed by atoms with van der Waals surface area (Å²) in [6, 6.07) is 19.6. The number of rotatable bonds is 5. The van der Waals surface area contributed by atoms with E-state index in [1.54, 1.807) is 0 Å². The first-order valence-electron chi connectivity index (χ1n) is 10.2. The number of fused-ring (bicyclic) bond motifs is 2. The normalized spacial score (nSPS) is 28.7. The van der Waals surface area contributed by atoms with Crippen LogP contribution in [0.5, 0.6) is 0 Å². The number of azide groups is 1. The van der Waals surface area contributed by atoms with Crippen molar-refractivity contribution in [2.45, 2.75) is 56.5 Å². The highest BCUT2D eigenvalue weighted by atomic mass is 28.4. The van der Waals surface area contributed by atoms with Gasteiger partial charge in [-0.3, -0.25) is 0 Å². The van der Waals surface area contributed by atoms with Gasteiger partial charge in [0.15, 0.2) is 6.29 Å². The summed E-state index contributed by atoms with van der Waals surface area (Å²) in [5.74, 6) is 0. The van der Waals surface area contributed by atoms with Crippen LogP contribution in [0.4, 0.5) is 0 Å². The summed E-state index contributed by atoms with van der Waals surface area (Å²) in [5.41, 5.74) is 8.97. The van der Waals surface area contributed by atoms with Crippen LogP contribution >= 0.6 is 0 Å². The maximum Gasteiger partial charge on any atom is 0.261 e. The van der Waals surface area contributed by atoms with Crippen LogP contribution < -0.4 is 10.4 Å². The Bertz CT molecular complexity index is 875. The summed E-state index contributed by atoms with van der Waals surface area (Å²) < 4.78 is 18.6. The number of hydrogen-bond donors (Lipinski definition) is 1. The van der Waals surface area contributed by atoms with E-state index in [1.807, 2.05) is 36.4 Å². The first kappa shape index (κ1) is 21.1. The minimum absolute atomic E-state index is 0.250. The lowest BCUT2D eigenvalue weighted by Crippen LogP contribution is -2.70. The van der Waals surface area contributed by atoms with Crippen molar-refractivity contribution in [3.8, 4) is 0 Å². The summed E-state index contributed by atoms with van der Waals surface area (Å²) in [6.07, 6.45) is -2.85. The van der Waals surface area contributed by atoms with E-state index in [0.717, 1.165) is 10.4 Å². The topological polar surface area (TPSA) is 96.7 Å². The van der Waals surface area contributed by atoms with Gasteiger partial charge in [-0.05, 0) is 20.9 Å². The average molecular weight is 426 g/mol. The molecule has 7 nitrogen and oxygen atoms in total. The number of aliphatic hydroxyl groups is 1. The molecule has 2 aliphatic heterocycles. The molecule has 2 aromatic rings. The molecular weight excluding hydrogens is 398 g/mol. The lowest BCUT2D eigenvalue weighted by atomic mass is 10.00. The summed E-state index contributed by atoms with van der Waals surface area (Å²) in [7, 11) is -2.90. The number of aliphatic hydroxyl groups excluding tert-OH is 1. The van der Waals surface area contributed by atoms with Crippen molar-refractivity contribution in [2.75, 3.05) is 6.61 Å². The van der Waals surface area contributed by atoms with E-state index >= 15 is 0 Å². The standard InChI is InChI=1S/C22H27N3O4Si/c1-22(2,3)30(15-10-6-4-7-11-15,16-12-8-5-9-13-16)29-20-17-14-27-21(28-17)18(19(20)26)24-25-23/h4-13,17-21,26H,14H2,1-3H3/t17?,18?,19-,20+,21+/m0/s1. The molecule has 0 saturated carbocycles. The Balaban J connectivity index is 1.86. The second-order valence-electron chi connectivity index (χ2n) is 8.81. The summed E-state index contributed by atoms with van der Waals surface area (Å²) in [6.45, 7) is 6.82. The SMILES string of the molecule is CC(C)(C)[Si](O[C@@H]1C2CO[C@H](O2)C(N=[N+]=[N-])[C@@H]1O)(c1ccccc1)c1ccccc1. The van der Waals surface area contributed by atoms with E-state index in [-0.39, 0.29) is 5.04 Å². The molecule has 5 atom stereocenters. The van der Waals surface area contributed by atoms with E-state index in [4.69, 9.17) is 19.4 Å². The van der Waals surface area contributed by atoms with E-state index in [0.29, 0.717) is 6.61 Å². The Kier molecular flexibility index (Phi) is 5.72. The van der Waals surface area contributed by atoms with Crippen LogP contribution in [0, 0.1) is 0 Å². The number of nitrogens with zero attached hydrogens (tertiary/aromatic N) is 3. The first-order chi connectivity index (χ1) is 14.4. The Labute approximate surface area is 177 Å². The maximum atomic E-state index is 11.1. The fourth-order valence-corrected chi connectivity index (χ4v) is 9.30. The second kappa shape index (κ2) is 8.15. The van der Waals surface area contributed by atoms with Crippen LogP contribution in [0.2, 0.25) is 5.04 Å². The van der Waals surface area contributed by atoms with Gasteiger partial charge in [0.25, 0.3) is 8.32 Å². The van der Waals surface area contributed by atoms with Crippen LogP contribution in [0.3, 0.4) is 0 Å². The van der Waals surface area contributed by atoms with Gasteiger partial charge in [0.05, 0.1) is 12.7 Å². The van der Waals surface area contributed by atoms with E-state index < -0.39 is 39.0 Å². The molecule has 2 aromatic carbocycles. The van der Waals surface area contributed by atoms with Gasteiger partial charge in [0.2, 0.25) is 0 Å². The van der Waals surface area contributed by atoms with Crippen molar-refractivity contribution in [1.82, 2.24) is 0 Å². The Morgan fingerprint density at radius 3 is 2.13 bits per heavy atom. The predicted molar refractivity (Wildman–Crippen MR) is 116 cm³/mol. The molecule has 30 heavy (non-hydrogen) atoms. The van der Waals surface area contributed by atoms with Crippen LogP contribution in [0.25, 0.3) is 10.4 Å². The highest BCUT2D eigenvalue weighted by Gasteiger charge is 2.57. The summed E-state index contributed by atoms with van der Waals surface area (Å²) >= 11 is 0. The lowest BCUT2D eigenvalue weighted by molar-refractivity contribution is -0.173. The first-order valence-corrected chi connectivity index (χ1v) is 12.1. The molecule has 0 spiro atoms. The molecule has 0 aromatic heterocycles. The van der Waals surface area contributed by atoms with Gasteiger partial charge in [-0.15, -0.1) is 0 Å². The molecule has 2 aliphatic rings. The van der Waals surface area contributed by atoms with E-state index in [9.17, 15) is 5.11 Å². The van der Waals surface area contributed by atoms with E-state index in [2.05, 4.69) is 55.1 Å². The minimum atomic E-state index is -2.90. The smallest absolute Gasteiger partial charge is 0.261 e. The molecule has 2 saturated heterocycles. The van der Waals surface area contributed by atoms with Gasteiger partial charge in [-0.25, -0.2) is 0 Å². The largest absolute Gasteiger partial charge is 0.399 e. The molecule has 158 valence electrons. The second-order valence-corrected chi connectivity index (χ2v) is 13.1. The van der Waals surface area contributed by atoms with Crippen molar-refractivity contribution < 1.29 is 19.0 Å². The summed E-state index contributed by atoms with van der Waals surface area (Å²) in [4.78, 5) is 2.88. The maximum absolute atomic E-state index is 11.1. The number of hydrogen-bond acceptors (Lipinski definition) is 5. The van der Waals surface area contributed by atoms with Crippen molar-refractivity contribution in [3.63, 3.8) is 0 Å². The molecule has 4 rings (SSSR count). The fraction of sp³-hybridized carbons (Fsp3) is 0.455. The molecule has 2 unspecified atom stereocenters. The van der Waals surface area contributed by atoms with Crippen molar-refractivity contribution in [2.24, 2.45) is 5.11 Å². The predicted octanol–water partition coefficient (Wildman–Crippen LogP) is 2.73. The molecule has 0 amide bonds. The van der Waals surface area contributed by atoms with Crippen LogP contribution in [-0.4, -0.2) is 50.7 Å². The van der Waals surface area contributed by atoms with Crippen molar-refractivity contribution in [3.05, 3.63) is 71.1 Å². The fourth-order valence-electron chi connectivity index (χ4n) is 4.59. The lowest BCUT2D eigenvalue weighted by Gasteiger charge is -2.48. The Morgan fingerprint density at radius 1 is 1.07 bits per heavy atom. The monoisotopic (exact) mass is 425 g/mol.